The van der Waals surface area contributed by atoms with Gasteiger partial charge in [-0.15, -0.1) is 0 Å². The van der Waals surface area contributed by atoms with Crippen LogP contribution >= 0.6 is 0 Å². The summed E-state index contributed by atoms with van der Waals surface area (Å²) in [6, 6.07) is 30.2. The van der Waals surface area contributed by atoms with Gasteiger partial charge in [0.15, 0.2) is 0 Å². The lowest BCUT2D eigenvalue weighted by Crippen LogP contribution is -2.40. The number of aliphatic hydroxyl groups excluding tert-OH is 1. The highest BCUT2D eigenvalue weighted by Crippen LogP contribution is 2.20. The van der Waals surface area contributed by atoms with E-state index in [1.165, 1.54) is 0 Å². The maximum atomic E-state index is 13.2. The number of rotatable bonds is 11. The van der Waals surface area contributed by atoms with Gasteiger partial charge in [0.2, 0.25) is 5.91 Å². The molecule has 8 heteroatoms. The molecule has 0 bridgehead atoms. The summed E-state index contributed by atoms with van der Waals surface area (Å²) in [4.78, 5) is 30.1. The third kappa shape index (κ3) is 7.91. The Morgan fingerprint density at radius 2 is 1.39 bits per heavy atom. The SMILES string of the molecule is O=C(N[C@H](C(=O)NCc1cccc(CO)n1)c1ccc(OCc2ccccc2)cc1)OCc1ccccc1. The molecule has 0 unspecified atom stereocenters. The van der Waals surface area contributed by atoms with E-state index in [0.717, 1.165) is 11.1 Å². The molecule has 0 spiro atoms. The van der Waals surface area contributed by atoms with Crippen LogP contribution in [0, 0.1) is 0 Å². The first-order valence-corrected chi connectivity index (χ1v) is 12.2. The molecular formula is C30H29N3O5. The second kappa shape index (κ2) is 13.6. The average Bonchev–Trinajstić information content (AvgIpc) is 2.98. The molecule has 0 fully saturated rings. The summed E-state index contributed by atoms with van der Waals surface area (Å²) in [6.45, 7) is 0.416. The number of hydrogen-bond acceptors (Lipinski definition) is 6. The molecule has 4 aromatic rings. The van der Waals surface area contributed by atoms with Gasteiger partial charge in [0.05, 0.1) is 24.5 Å². The first-order chi connectivity index (χ1) is 18.6. The smallest absolute Gasteiger partial charge is 0.408 e. The van der Waals surface area contributed by atoms with E-state index in [-0.39, 0.29) is 19.8 Å². The van der Waals surface area contributed by atoms with Crippen molar-refractivity contribution in [3.8, 4) is 5.75 Å². The Balaban J connectivity index is 1.43. The fraction of sp³-hybridized carbons (Fsp3) is 0.167. The number of hydrogen-bond donors (Lipinski definition) is 3. The molecule has 2 amide bonds. The van der Waals surface area contributed by atoms with Gasteiger partial charge < -0.3 is 25.2 Å². The predicted molar refractivity (Wildman–Crippen MR) is 142 cm³/mol. The number of carbonyl (C=O) groups excluding carboxylic acids is 2. The Hall–Kier alpha value is -4.69. The Kier molecular flexibility index (Phi) is 9.42. The van der Waals surface area contributed by atoms with Crippen LogP contribution in [0.25, 0.3) is 0 Å². The number of alkyl carbamates (subject to hydrolysis) is 1. The van der Waals surface area contributed by atoms with Crippen molar-refractivity contribution in [3.05, 3.63) is 131 Å². The van der Waals surface area contributed by atoms with E-state index in [1.54, 1.807) is 42.5 Å². The van der Waals surface area contributed by atoms with Gasteiger partial charge in [0.25, 0.3) is 0 Å². The Labute approximate surface area is 221 Å². The lowest BCUT2D eigenvalue weighted by molar-refractivity contribution is -0.123. The molecule has 1 aromatic heterocycles. The van der Waals surface area contributed by atoms with E-state index in [4.69, 9.17) is 9.47 Å². The molecule has 0 aliphatic rings. The van der Waals surface area contributed by atoms with E-state index >= 15 is 0 Å². The largest absolute Gasteiger partial charge is 0.489 e. The van der Waals surface area contributed by atoms with Crippen molar-refractivity contribution in [1.82, 2.24) is 15.6 Å². The van der Waals surface area contributed by atoms with Gasteiger partial charge >= 0.3 is 6.09 Å². The Morgan fingerprint density at radius 3 is 2.05 bits per heavy atom. The quantitative estimate of drug-likeness (QED) is 0.275. The van der Waals surface area contributed by atoms with Crippen LogP contribution in [-0.2, 0) is 35.9 Å². The molecule has 0 aliphatic carbocycles. The zero-order chi connectivity index (χ0) is 26.6. The van der Waals surface area contributed by atoms with E-state index < -0.39 is 18.0 Å². The molecule has 0 radical (unpaired) electrons. The number of benzene rings is 3. The summed E-state index contributed by atoms with van der Waals surface area (Å²) in [7, 11) is 0. The molecule has 3 N–H and O–H groups in total. The third-order valence-corrected chi connectivity index (χ3v) is 5.67. The minimum atomic E-state index is -1.01. The van der Waals surface area contributed by atoms with Gasteiger partial charge in [-0.1, -0.05) is 78.9 Å². The van der Waals surface area contributed by atoms with Gasteiger partial charge in [0.1, 0.15) is 25.0 Å². The van der Waals surface area contributed by atoms with Crippen molar-refractivity contribution in [2.24, 2.45) is 0 Å². The monoisotopic (exact) mass is 511 g/mol. The van der Waals surface area contributed by atoms with Crippen molar-refractivity contribution < 1.29 is 24.2 Å². The van der Waals surface area contributed by atoms with Crippen LogP contribution in [0.1, 0.15) is 34.1 Å². The maximum absolute atomic E-state index is 13.2. The molecule has 0 aliphatic heterocycles. The van der Waals surface area contributed by atoms with Gasteiger partial charge in [-0.25, -0.2) is 4.79 Å². The van der Waals surface area contributed by atoms with Crippen molar-refractivity contribution >= 4 is 12.0 Å². The van der Waals surface area contributed by atoms with Crippen molar-refractivity contribution in [2.75, 3.05) is 0 Å². The van der Waals surface area contributed by atoms with Crippen LogP contribution in [-0.4, -0.2) is 22.1 Å². The second-order valence-electron chi connectivity index (χ2n) is 8.48. The van der Waals surface area contributed by atoms with Gasteiger partial charge in [-0.05, 0) is 41.0 Å². The minimum absolute atomic E-state index is 0.0746. The van der Waals surface area contributed by atoms with Crippen LogP contribution in [0.15, 0.2) is 103 Å². The highest BCUT2D eigenvalue weighted by atomic mass is 16.5. The standard InChI is InChI=1S/C30H29N3O5/c34-19-26-13-7-12-25(32-26)18-31-29(35)28(33-30(36)38-21-23-10-5-2-6-11-23)24-14-16-27(17-15-24)37-20-22-8-3-1-4-9-22/h1-17,28,34H,18-21H2,(H,31,35)(H,33,36)/t28-/m0/s1. The van der Waals surface area contributed by atoms with E-state index in [9.17, 15) is 14.7 Å². The summed E-state index contributed by atoms with van der Waals surface area (Å²) in [5, 5.41) is 14.8. The van der Waals surface area contributed by atoms with Crippen molar-refractivity contribution in [2.45, 2.75) is 32.4 Å². The van der Waals surface area contributed by atoms with Crippen LogP contribution in [0.5, 0.6) is 5.75 Å². The third-order valence-electron chi connectivity index (χ3n) is 5.67. The molecule has 0 saturated carbocycles. The minimum Gasteiger partial charge on any atom is -0.489 e. The number of nitrogens with one attached hydrogen (secondary N) is 2. The Morgan fingerprint density at radius 1 is 0.763 bits per heavy atom. The fourth-order valence-electron chi connectivity index (χ4n) is 3.68. The number of carbonyl (C=O) groups is 2. The van der Waals surface area contributed by atoms with Gasteiger partial charge in [0, 0.05) is 0 Å². The highest BCUT2D eigenvalue weighted by Gasteiger charge is 2.24. The lowest BCUT2D eigenvalue weighted by Gasteiger charge is -2.19. The molecule has 1 heterocycles. The molecule has 194 valence electrons. The molecule has 1 atom stereocenters. The number of pyridine rings is 1. The average molecular weight is 512 g/mol. The maximum Gasteiger partial charge on any atom is 0.408 e. The van der Waals surface area contributed by atoms with Crippen molar-refractivity contribution in [1.29, 1.82) is 0 Å². The highest BCUT2D eigenvalue weighted by molar-refractivity contribution is 5.86. The summed E-state index contributed by atoms with van der Waals surface area (Å²) < 4.78 is 11.2. The van der Waals surface area contributed by atoms with E-state index in [2.05, 4.69) is 15.6 Å². The van der Waals surface area contributed by atoms with E-state index in [0.29, 0.717) is 29.3 Å². The molecular weight excluding hydrogens is 482 g/mol. The first kappa shape index (κ1) is 26.4. The zero-order valence-electron chi connectivity index (χ0n) is 20.7. The number of aromatic nitrogens is 1. The Bertz CT molecular complexity index is 1310. The van der Waals surface area contributed by atoms with Crippen LogP contribution in [0.3, 0.4) is 0 Å². The van der Waals surface area contributed by atoms with Crippen LogP contribution < -0.4 is 15.4 Å². The fourth-order valence-corrected chi connectivity index (χ4v) is 3.68. The number of amides is 2. The number of ether oxygens (including phenoxy) is 2. The zero-order valence-corrected chi connectivity index (χ0v) is 20.7. The number of aliphatic hydroxyl groups is 1. The molecule has 0 saturated heterocycles. The normalized spacial score (nSPS) is 11.3. The second-order valence-corrected chi connectivity index (χ2v) is 8.48. The van der Waals surface area contributed by atoms with Crippen LogP contribution in [0.2, 0.25) is 0 Å². The summed E-state index contributed by atoms with van der Waals surface area (Å²) >= 11 is 0. The van der Waals surface area contributed by atoms with E-state index in [1.807, 2.05) is 60.7 Å². The van der Waals surface area contributed by atoms with Crippen LogP contribution in [0.4, 0.5) is 4.79 Å². The summed E-state index contributed by atoms with van der Waals surface area (Å²) in [6.07, 6.45) is -0.723. The number of nitrogens with zero attached hydrogens (tertiary/aromatic N) is 1. The van der Waals surface area contributed by atoms with Crippen molar-refractivity contribution in [3.63, 3.8) is 0 Å². The molecule has 38 heavy (non-hydrogen) atoms. The summed E-state index contributed by atoms with van der Waals surface area (Å²) in [5.41, 5.74) is 3.51. The predicted octanol–water partition coefficient (Wildman–Crippen LogP) is 4.44. The molecule has 8 nitrogen and oxygen atoms in total. The lowest BCUT2D eigenvalue weighted by atomic mass is 10.1. The summed E-state index contributed by atoms with van der Waals surface area (Å²) in [5.74, 6) is 0.198. The van der Waals surface area contributed by atoms with Gasteiger partial charge in [-0.3, -0.25) is 9.78 Å². The topological polar surface area (TPSA) is 110 Å². The molecule has 3 aromatic carbocycles. The first-order valence-electron chi connectivity index (χ1n) is 12.2. The van der Waals surface area contributed by atoms with Gasteiger partial charge in [-0.2, -0.15) is 0 Å². The molecule has 4 rings (SSSR count).